The monoisotopic (exact) mass is 198 g/mol. The Bertz CT molecular complexity index is 306. The van der Waals surface area contributed by atoms with Crippen LogP contribution in [0.1, 0.15) is 13.8 Å². The van der Waals surface area contributed by atoms with Crippen LogP contribution in [0.5, 0.6) is 0 Å². The van der Waals surface area contributed by atoms with E-state index in [1.54, 1.807) is 6.66 Å². The average molecular weight is 198 g/mol. The molecular formula is C10H15O2P. The second-order valence-electron chi connectivity index (χ2n) is 3.34. The molecule has 0 aliphatic rings. The third-order valence-corrected chi connectivity index (χ3v) is 3.70. The number of hydrogen-bond acceptors (Lipinski definition) is 2. The Balaban J connectivity index is 2.88. The van der Waals surface area contributed by atoms with Gasteiger partial charge in [-0.25, -0.2) is 0 Å². The predicted molar refractivity (Wildman–Crippen MR) is 55.8 cm³/mol. The summed E-state index contributed by atoms with van der Waals surface area (Å²) >= 11 is 0. The van der Waals surface area contributed by atoms with Gasteiger partial charge in [0.1, 0.15) is 0 Å². The van der Waals surface area contributed by atoms with E-state index in [9.17, 15) is 4.57 Å². The highest BCUT2D eigenvalue weighted by molar-refractivity contribution is 7.66. The molecule has 0 unspecified atom stereocenters. The quantitative estimate of drug-likeness (QED) is 0.698. The minimum absolute atomic E-state index is 0.00367. The van der Waals surface area contributed by atoms with Gasteiger partial charge in [-0.1, -0.05) is 18.2 Å². The summed E-state index contributed by atoms with van der Waals surface area (Å²) in [5.41, 5.74) is 0. The Labute approximate surface area is 79.4 Å². The van der Waals surface area contributed by atoms with E-state index in [1.165, 1.54) is 0 Å². The van der Waals surface area contributed by atoms with Gasteiger partial charge in [-0.2, -0.15) is 0 Å². The van der Waals surface area contributed by atoms with Crippen molar-refractivity contribution in [1.82, 2.24) is 0 Å². The first-order valence-electron chi connectivity index (χ1n) is 4.34. The fourth-order valence-electron chi connectivity index (χ4n) is 1.16. The van der Waals surface area contributed by atoms with Crippen LogP contribution < -0.4 is 5.30 Å². The van der Waals surface area contributed by atoms with Crippen LogP contribution in [-0.2, 0) is 9.09 Å². The lowest BCUT2D eigenvalue weighted by molar-refractivity contribution is 0.251. The Kier molecular flexibility index (Phi) is 3.29. The summed E-state index contributed by atoms with van der Waals surface area (Å²) < 4.78 is 17.4. The van der Waals surface area contributed by atoms with Gasteiger partial charge in [-0.15, -0.1) is 0 Å². The van der Waals surface area contributed by atoms with Crippen LogP contribution in [0.2, 0.25) is 0 Å². The molecule has 0 bridgehead atoms. The van der Waals surface area contributed by atoms with E-state index in [1.807, 2.05) is 44.2 Å². The molecule has 0 spiro atoms. The van der Waals surface area contributed by atoms with Gasteiger partial charge in [-0.05, 0) is 26.0 Å². The van der Waals surface area contributed by atoms with Crippen molar-refractivity contribution in [2.45, 2.75) is 20.0 Å². The largest absolute Gasteiger partial charge is 0.323 e. The lowest BCUT2D eigenvalue weighted by Crippen LogP contribution is -2.09. The van der Waals surface area contributed by atoms with Crippen LogP contribution in [0.25, 0.3) is 0 Å². The van der Waals surface area contributed by atoms with Gasteiger partial charge in [-0.3, -0.25) is 4.57 Å². The van der Waals surface area contributed by atoms with E-state index >= 15 is 0 Å². The van der Waals surface area contributed by atoms with Gasteiger partial charge >= 0.3 is 0 Å². The van der Waals surface area contributed by atoms with Crippen molar-refractivity contribution in [3.8, 4) is 0 Å². The zero-order valence-corrected chi connectivity index (χ0v) is 9.12. The van der Waals surface area contributed by atoms with Gasteiger partial charge in [0.25, 0.3) is 0 Å². The molecule has 1 aromatic carbocycles. The van der Waals surface area contributed by atoms with Crippen molar-refractivity contribution >= 4 is 12.7 Å². The molecule has 0 saturated carbocycles. The van der Waals surface area contributed by atoms with Gasteiger partial charge in [0, 0.05) is 12.0 Å². The highest BCUT2D eigenvalue weighted by atomic mass is 31.2. The second-order valence-corrected chi connectivity index (χ2v) is 5.75. The Hall–Kier alpha value is -0.590. The van der Waals surface area contributed by atoms with E-state index in [0.29, 0.717) is 0 Å². The predicted octanol–water partition coefficient (Wildman–Crippen LogP) is 2.64. The van der Waals surface area contributed by atoms with Crippen molar-refractivity contribution in [3.63, 3.8) is 0 Å². The van der Waals surface area contributed by atoms with Crippen molar-refractivity contribution in [1.29, 1.82) is 0 Å². The molecule has 1 rings (SSSR count). The molecule has 1 aromatic rings. The summed E-state index contributed by atoms with van der Waals surface area (Å²) in [4.78, 5) is 0. The highest BCUT2D eigenvalue weighted by Gasteiger charge is 2.19. The Morgan fingerprint density at radius 1 is 1.23 bits per heavy atom. The number of rotatable bonds is 3. The van der Waals surface area contributed by atoms with Gasteiger partial charge in [0.15, 0.2) is 0 Å². The molecule has 0 radical (unpaired) electrons. The first-order chi connectivity index (χ1) is 6.02. The zero-order valence-electron chi connectivity index (χ0n) is 8.23. The van der Waals surface area contributed by atoms with Crippen LogP contribution in [0.3, 0.4) is 0 Å². The molecule has 13 heavy (non-hydrogen) atoms. The normalized spacial score (nSPS) is 15.7. The van der Waals surface area contributed by atoms with Crippen molar-refractivity contribution in [2.24, 2.45) is 0 Å². The molecule has 0 heterocycles. The third-order valence-electron chi connectivity index (χ3n) is 1.64. The molecule has 0 aliphatic heterocycles. The Morgan fingerprint density at radius 3 is 2.23 bits per heavy atom. The third kappa shape index (κ3) is 2.98. The average Bonchev–Trinajstić information content (AvgIpc) is 2.04. The first-order valence-corrected chi connectivity index (χ1v) is 6.41. The number of hydrogen-bond donors (Lipinski definition) is 0. The lowest BCUT2D eigenvalue weighted by Gasteiger charge is -2.16. The van der Waals surface area contributed by atoms with Crippen LogP contribution in [-0.4, -0.2) is 12.8 Å². The SMILES string of the molecule is CC(C)O[P@](C)(=O)c1ccccc1. The van der Waals surface area contributed by atoms with Crippen LogP contribution in [0, 0.1) is 0 Å². The summed E-state index contributed by atoms with van der Waals surface area (Å²) in [5.74, 6) is 0. The van der Waals surface area contributed by atoms with E-state index in [4.69, 9.17) is 4.52 Å². The molecule has 72 valence electrons. The molecule has 0 fully saturated rings. The molecule has 0 aromatic heterocycles. The standard InChI is InChI=1S/C10H15O2P/c1-9(2)12-13(3,11)10-7-5-4-6-8-10/h4-9H,1-3H3/t13-/m0/s1. The summed E-state index contributed by atoms with van der Waals surface area (Å²) in [6.45, 7) is 5.43. The maximum absolute atomic E-state index is 12.0. The second kappa shape index (κ2) is 4.08. The van der Waals surface area contributed by atoms with E-state index in [-0.39, 0.29) is 6.10 Å². The first kappa shape index (κ1) is 10.5. The van der Waals surface area contributed by atoms with Gasteiger partial charge < -0.3 is 4.52 Å². The molecule has 0 N–H and O–H groups in total. The lowest BCUT2D eigenvalue weighted by atomic mass is 10.4. The van der Waals surface area contributed by atoms with E-state index < -0.39 is 7.37 Å². The molecule has 0 amide bonds. The number of benzene rings is 1. The molecule has 3 heteroatoms. The van der Waals surface area contributed by atoms with Crippen LogP contribution >= 0.6 is 7.37 Å². The van der Waals surface area contributed by atoms with E-state index in [2.05, 4.69) is 0 Å². The maximum Gasteiger partial charge on any atom is 0.229 e. The fourth-order valence-corrected chi connectivity index (χ4v) is 2.80. The van der Waals surface area contributed by atoms with Crippen molar-refractivity contribution in [2.75, 3.05) is 6.66 Å². The molecule has 2 nitrogen and oxygen atoms in total. The topological polar surface area (TPSA) is 26.3 Å². The van der Waals surface area contributed by atoms with Gasteiger partial charge in [0.05, 0.1) is 6.10 Å². The smallest absolute Gasteiger partial charge is 0.229 e. The molecule has 1 atom stereocenters. The summed E-state index contributed by atoms with van der Waals surface area (Å²) in [5, 5.41) is 0.781. The van der Waals surface area contributed by atoms with Crippen LogP contribution in [0.4, 0.5) is 0 Å². The molecule has 0 aliphatic carbocycles. The van der Waals surface area contributed by atoms with Gasteiger partial charge in [0.2, 0.25) is 7.37 Å². The molecule has 0 saturated heterocycles. The molecular weight excluding hydrogens is 183 g/mol. The minimum Gasteiger partial charge on any atom is -0.323 e. The van der Waals surface area contributed by atoms with E-state index in [0.717, 1.165) is 5.30 Å². The van der Waals surface area contributed by atoms with Crippen LogP contribution in [0.15, 0.2) is 30.3 Å². The summed E-state index contributed by atoms with van der Waals surface area (Å²) in [6, 6.07) is 9.32. The van der Waals surface area contributed by atoms with Crippen molar-refractivity contribution < 1.29 is 9.09 Å². The summed E-state index contributed by atoms with van der Waals surface area (Å²) in [6.07, 6.45) is -0.00367. The Morgan fingerprint density at radius 2 is 1.77 bits per heavy atom. The highest BCUT2D eigenvalue weighted by Crippen LogP contribution is 2.42. The summed E-state index contributed by atoms with van der Waals surface area (Å²) in [7, 11) is -2.60. The van der Waals surface area contributed by atoms with Crippen molar-refractivity contribution in [3.05, 3.63) is 30.3 Å². The fraction of sp³-hybridized carbons (Fsp3) is 0.400. The maximum atomic E-state index is 12.0. The zero-order chi connectivity index (χ0) is 9.90. The minimum atomic E-state index is -2.60.